The summed E-state index contributed by atoms with van der Waals surface area (Å²) >= 11 is 0. The Morgan fingerprint density at radius 2 is 2.00 bits per heavy atom. The van der Waals surface area contributed by atoms with Gasteiger partial charge in [0.2, 0.25) is 11.5 Å². The van der Waals surface area contributed by atoms with E-state index in [1.165, 1.54) is 0 Å². The molecule has 0 spiro atoms. The van der Waals surface area contributed by atoms with Gasteiger partial charge in [-0.15, -0.1) is 0 Å². The van der Waals surface area contributed by atoms with E-state index in [1.807, 2.05) is 27.7 Å². The lowest BCUT2D eigenvalue weighted by Gasteiger charge is -1.97. The number of nitrogens with zero attached hydrogens (tertiary/aromatic N) is 1. The molecule has 3 heteroatoms. The minimum absolute atomic E-state index is 0.0133. The van der Waals surface area contributed by atoms with E-state index in [-0.39, 0.29) is 11.7 Å². The molecule has 0 atom stereocenters. The van der Waals surface area contributed by atoms with Crippen molar-refractivity contribution in [2.75, 3.05) is 0 Å². The summed E-state index contributed by atoms with van der Waals surface area (Å²) in [5.41, 5.74) is 0.837. The number of carbonyl (C=O) groups excluding carboxylic acids is 1. The number of Topliss-reactive ketones (excluding diaryl/α,β-unsaturated/α-hetero) is 1. The highest BCUT2D eigenvalue weighted by Crippen LogP contribution is 2.16. The van der Waals surface area contributed by atoms with Crippen molar-refractivity contribution >= 4 is 5.78 Å². The zero-order valence-corrected chi connectivity index (χ0v) is 8.50. The molecule has 0 saturated carbocycles. The molecule has 0 amide bonds. The van der Waals surface area contributed by atoms with Gasteiger partial charge in [-0.1, -0.05) is 32.9 Å². The second kappa shape index (κ2) is 3.73. The number of hydrogen-bond donors (Lipinski definition) is 0. The first kappa shape index (κ1) is 9.96. The molecular formula is C10H15NO2. The SMILES string of the molecule is CC(C)C(=O)c1cc(C(C)C)no1. The van der Waals surface area contributed by atoms with E-state index in [4.69, 9.17) is 4.52 Å². The van der Waals surface area contributed by atoms with Gasteiger partial charge in [-0.3, -0.25) is 4.79 Å². The van der Waals surface area contributed by atoms with Crippen LogP contribution in [0.3, 0.4) is 0 Å². The van der Waals surface area contributed by atoms with Crippen LogP contribution in [0.5, 0.6) is 0 Å². The van der Waals surface area contributed by atoms with E-state index in [2.05, 4.69) is 5.16 Å². The standard InChI is InChI=1S/C10H15NO2/c1-6(2)8-5-9(13-11-8)10(12)7(3)4/h5-7H,1-4H3. The molecule has 1 heterocycles. The molecule has 0 aliphatic carbocycles. The van der Waals surface area contributed by atoms with Crippen molar-refractivity contribution in [1.82, 2.24) is 5.16 Å². The Balaban J connectivity index is 2.86. The van der Waals surface area contributed by atoms with Gasteiger partial charge in [0, 0.05) is 12.0 Å². The van der Waals surface area contributed by atoms with Gasteiger partial charge < -0.3 is 4.52 Å². The zero-order valence-electron chi connectivity index (χ0n) is 8.50. The first-order valence-corrected chi connectivity index (χ1v) is 4.53. The van der Waals surface area contributed by atoms with Crippen molar-refractivity contribution in [2.45, 2.75) is 33.6 Å². The molecule has 0 bridgehead atoms. The van der Waals surface area contributed by atoms with E-state index in [0.29, 0.717) is 11.7 Å². The minimum Gasteiger partial charge on any atom is -0.353 e. The van der Waals surface area contributed by atoms with Crippen LogP contribution in [-0.2, 0) is 0 Å². The van der Waals surface area contributed by atoms with Crippen molar-refractivity contribution in [3.8, 4) is 0 Å². The topological polar surface area (TPSA) is 43.1 Å². The zero-order chi connectivity index (χ0) is 10.0. The quantitative estimate of drug-likeness (QED) is 0.673. The Morgan fingerprint density at radius 3 is 2.38 bits per heavy atom. The molecule has 72 valence electrons. The third-order valence-corrected chi connectivity index (χ3v) is 1.89. The van der Waals surface area contributed by atoms with Crippen molar-refractivity contribution in [3.05, 3.63) is 17.5 Å². The molecule has 13 heavy (non-hydrogen) atoms. The van der Waals surface area contributed by atoms with Gasteiger partial charge in [-0.2, -0.15) is 0 Å². The largest absolute Gasteiger partial charge is 0.353 e. The molecule has 0 fully saturated rings. The van der Waals surface area contributed by atoms with Crippen LogP contribution in [0.2, 0.25) is 0 Å². The Morgan fingerprint density at radius 1 is 1.38 bits per heavy atom. The Bertz CT molecular complexity index is 300. The maximum absolute atomic E-state index is 11.4. The number of carbonyl (C=O) groups is 1. The number of ketones is 1. The predicted molar refractivity (Wildman–Crippen MR) is 49.8 cm³/mol. The molecule has 0 aromatic carbocycles. The molecule has 0 aliphatic rings. The lowest BCUT2D eigenvalue weighted by Crippen LogP contribution is -2.05. The predicted octanol–water partition coefficient (Wildman–Crippen LogP) is 2.64. The Labute approximate surface area is 78.1 Å². The van der Waals surface area contributed by atoms with E-state index in [9.17, 15) is 4.79 Å². The molecule has 0 aliphatic heterocycles. The summed E-state index contributed by atoms with van der Waals surface area (Å²) in [4.78, 5) is 11.4. The van der Waals surface area contributed by atoms with Gasteiger partial charge in [-0.05, 0) is 5.92 Å². The monoisotopic (exact) mass is 181 g/mol. The van der Waals surface area contributed by atoms with Crippen molar-refractivity contribution in [1.29, 1.82) is 0 Å². The van der Waals surface area contributed by atoms with Crippen LogP contribution in [0.25, 0.3) is 0 Å². The first-order valence-electron chi connectivity index (χ1n) is 4.53. The van der Waals surface area contributed by atoms with Gasteiger partial charge in [0.15, 0.2) is 0 Å². The summed E-state index contributed by atoms with van der Waals surface area (Å²) in [7, 11) is 0. The van der Waals surface area contributed by atoms with Gasteiger partial charge in [0.1, 0.15) is 0 Å². The lowest BCUT2D eigenvalue weighted by molar-refractivity contribution is 0.0902. The smallest absolute Gasteiger partial charge is 0.203 e. The van der Waals surface area contributed by atoms with E-state index < -0.39 is 0 Å². The molecule has 0 saturated heterocycles. The summed E-state index contributed by atoms with van der Waals surface area (Å²) in [5.74, 6) is 0.656. The second-order valence-electron chi connectivity index (χ2n) is 3.79. The van der Waals surface area contributed by atoms with E-state index in [0.717, 1.165) is 5.69 Å². The fraction of sp³-hybridized carbons (Fsp3) is 0.600. The van der Waals surface area contributed by atoms with Crippen LogP contribution in [0.15, 0.2) is 10.6 Å². The average Bonchev–Trinajstić information content (AvgIpc) is 2.50. The van der Waals surface area contributed by atoms with Crippen LogP contribution >= 0.6 is 0 Å². The molecule has 0 N–H and O–H groups in total. The van der Waals surface area contributed by atoms with E-state index >= 15 is 0 Å². The fourth-order valence-electron chi connectivity index (χ4n) is 0.962. The molecule has 0 radical (unpaired) electrons. The number of rotatable bonds is 3. The molecule has 1 aromatic rings. The van der Waals surface area contributed by atoms with Crippen LogP contribution in [0, 0.1) is 5.92 Å². The molecular weight excluding hydrogens is 166 g/mol. The highest BCUT2D eigenvalue weighted by atomic mass is 16.5. The van der Waals surface area contributed by atoms with Crippen LogP contribution < -0.4 is 0 Å². The summed E-state index contributed by atoms with van der Waals surface area (Å²) in [6.07, 6.45) is 0. The minimum atomic E-state index is -0.0343. The van der Waals surface area contributed by atoms with Crippen molar-refractivity contribution < 1.29 is 9.32 Å². The summed E-state index contributed by atoms with van der Waals surface area (Å²) in [6.45, 7) is 7.72. The number of aromatic nitrogens is 1. The number of hydrogen-bond acceptors (Lipinski definition) is 3. The normalized spacial score (nSPS) is 11.2. The average molecular weight is 181 g/mol. The molecule has 1 aromatic heterocycles. The first-order chi connectivity index (χ1) is 6.02. The van der Waals surface area contributed by atoms with Crippen molar-refractivity contribution in [2.24, 2.45) is 5.92 Å². The maximum Gasteiger partial charge on any atom is 0.203 e. The fourth-order valence-corrected chi connectivity index (χ4v) is 0.962. The summed E-state index contributed by atoms with van der Waals surface area (Å²) < 4.78 is 4.95. The third kappa shape index (κ3) is 2.17. The third-order valence-electron chi connectivity index (χ3n) is 1.89. The van der Waals surface area contributed by atoms with Crippen LogP contribution in [0.4, 0.5) is 0 Å². The highest BCUT2D eigenvalue weighted by molar-refractivity contribution is 5.94. The van der Waals surface area contributed by atoms with Crippen LogP contribution in [-0.4, -0.2) is 10.9 Å². The molecule has 3 nitrogen and oxygen atoms in total. The van der Waals surface area contributed by atoms with Crippen LogP contribution in [0.1, 0.15) is 49.9 Å². The summed E-state index contributed by atoms with van der Waals surface area (Å²) in [5, 5.41) is 3.82. The molecule has 1 rings (SSSR count). The Kier molecular flexibility index (Phi) is 2.86. The maximum atomic E-state index is 11.4. The van der Waals surface area contributed by atoms with Crippen molar-refractivity contribution in [3.63, 3.8) is 0 Å². The lowest BCUT2D eigenvalue weighted by atomic mass is 10.1. The highest BCUT2D eigenvalue weighted by Gasteiger charge is 2.17. The van der Waals surface area contributed by atoms with Gasteiger partial charge in [-0.25, -0.2) is 0 Å². The second-order valence-corrected chi connectivity index (χ2v) is 3.79. The van der Waals surface area contributed by atoms with Gasteiger partial charge >= 0.3 is 0 Å². The summed E-state index contributed by atoms with van der Waals surface area (Å²) in [6, 6.07) is 1.73. The molecule has 0 unspecified atom stereocenters. The van der Waals surface area contributed by atoms with Gasteiger partial charge in [0.25, 0.3) is 0 Å². The van der Waals surface area contributed by atoms with Gasteiger partial charge in [0.05, 0.1) is 5.69 Å². The van der Waals surface area contributed by atoms with E-state index in [1.54, 1.807) is 6.07 Å². The Hall–Kier alpha value is -1.12.